The molecule has 0 radical (unpaired) electrons. The lowest BCUT2D eigenvalue weighted by atomic mass is 10.1. The summed E-state index contributed by atoms with van der Waals surface area (Å²) in [6.07, 6.45) is 3.20. The molecular formula is C23H26N4O4S2. The summed E-state index contributed by atoms with van der Waals surface area (Å²) in [4.78, 5) is 30.8. The first kappa shape index (κ1) is 23.3. The minimum absolute atomic E-state index is 0.222. The number of aromatic nitrogens is 3. The highest BCUT2D eigenvalue weighted by Crippen LogP contribution is 2.32. The van der Waals surface area contributed by atoms with E-state index < -0.39 is 15.7 Å². The molecule has 0 bridgehead atoms. The van der Waals surface area contributed by atoms with E-state index in [-0.39, 0.29) is 15.7 Å². The highest BCUT2D eigenvalue weighted by molar-refractivity contribution is 7.92. The Hall–Kier alpha value is -2.85. The van der Waals surface area contributed by atoms with Crippen LogP contribution in [0.4, 0.5) is 5.69 Å². The largest absolute Gasteiger partial charge is 0.321 e. The van der Waals surface area contributed by atoms with Crippen molar-refractivity contribution < 1.29 is 13.2 Å². The van der Waals surface area contributed by atoms with Crippen LogP contribution in [0.25, 0.3) is 10.6 Å². The number of thiazole rings is 1. The molecule has 174 valence electrons. The van der Waals surface area contributed by atoms with Crippen molar-refractivity contribution in [1.82, 2.24) is 14.8 Å². The molecule has 1 saturated carbocycles. The van der Waals surface area contributed by atoms with Gasteiger partial charge in [-0.2, -0.15) is 5.10 Å². The van der Waals surface area contributed by atoms with Gasteiger partial charge in [0.15, 0.2) is 9.84 Å². The number of sulfone groups is 1. The molecule has 0 atom stereocenters. The van der Waals surface area contributed by atoms with Gasteiger partial charge in [0.05, 0.1) is 27.1 Å². The Morgan fingerprint density at radius 3 is 2.55 bits per heavy atom. The fourth-order valence-corrected chi connectivity index (χ4v) is 7.10. The van der Waals surface area contributed by atoms with Crippen LogP contribution in [0, 0.1) is 20.8 Å². The molecule has 0 saturated heterocycles. The maximum Gasteiger partial charge on any atom is 0.277 e. The molecule has 1 aliphatic rings. The second kappa shape index (κ2) is 8.83. The van der Waals surface area contributed by atoms with Gasteiger partial charge in [0.1, 0.15) is 9.88 Å². The van der Waals surface area contributed by atoms with Crippen molar-refractivity contribution in [3.8, 4) is 10.6 Å². The third kappa shape index (κ3) is 4.37. The monoisotopic (exact) mass is 486 g/mol. The van der Waals surface area contributed by atoms with Crippen LogP contribution in [-0.2, 0) is 16.9 Å². The zero-order valence-corrected chi connectivity index (χ0v) is 20.6. The van der Waals surface area contributed by atoms with E-state index in [1.54, 1.807) is 32.2 Å². The molecule has 1 amide bonds. The number of anilines is 1. The maximum absolute atomic E-state index is 13.0. The summed E-state index contributed by atoms with van der Waals surface area (Å²) in [5.41, 5.74) is 2.50. The molecule has 1 aromatic carbocycles. The number of hydrogen-bond donors (Lipinski definition) is 1. The van der Waals surface area contributed by atoms with Crippen molar-refractivity contribution in [3.05, 3.63) is 56.4 Å². The average molecular weight is 487 g/mol. The Bertz CT molecular complexity index is 1400. The smallest absolute Gasteiger partial charge is 0.277 e. The van der Waals surface area contributed by atoms with E-state index in [9.17, 15) is 18.0 Å². The minimum Gasteiger partial charge on any atom is -0.321 e. The van der Waals surface area contributed by atoms with Gasteiger partial charge in [-0.1, -0.05) is 18.9 Å². The predicted octanol–water partition coefficient (Wildman–Crippen LogP) is 3.80. The molecule has 4 rings (SSSR count). The number of benzene rings is 1. The van der Waals surface area contributed by atoms with Crippen molar-refractivity contribution in [1.29, 1.82) is 0 Å². The Balaban J connectivity index is 1.63. The van der Waals surface area contributed by atoms with Crippen LogP contribution in [0.5, 0.6) is 0 Å². The number of carbonyl (C=O) groups excluding carboxylic acids is 1. The fraction of sp³-hybridized carbons (Fsp3) is 0.391. The van der Waals surface area contributed by atoms with Gasteiger partial charge in [0, 0.05) is 12.7 Å². The predicted molar refractivity (Wildman–Crippen MR) is 129 cm³/mol. The highest BCUT2D eigenvalue weighted by Gasteiger charge is 2.30. The standard InChI is InChI=1S/C23H26N4O4S2/c1-13-14(2)26-27(4)23(29)19(13)22-24-15(3)20(32-22)21(28)25-16-8-7-11-18(12-16)33(30,31)17-9-5-6-10-17/h7-8,11-12,17H,5-6,9-10H2,1-4H3,(H,25,28). The summed E-state index contributed by atoms with van der Waals surface area (Å²) in [5.74, 6) is -0.396. The van der Waals surface area contributed by atoms with Gasteiger partial charge >= 0.3 is 0 Å². The number of rotatable bonds is 5. The molecule has 3 aromatic rings. The van der Waals surface area contributed by atoms with Crippen LogP contribution in [-0.4, -0.2) is 34.3 Å². The average Bonchev–Trinajstić information content (AvgIpc) is 3.43. The molecule has 0 spiro atoms. The van der Waals surface area contributed by atoms with Gasteiger partial charge in [-0.05, 0) is 57.4 Å². The second-order valence-electron chi connectivity index (χ2n) is 8.38. The molecule has 0 unspecified atom stereocenters. The van der Waals surface area contributed by atoms with E-state index in [1.807, 2.05) is 13.8 Å². The van der Waals surface area contributed by atoms with Crippen molar-refractivity contribution in [3.63, 3.8) is 0 Å². The first-order valence-electron chi connectivity index (χ1n) is 10.8. The number of hydrogen-bond acceptors (Lipinski definition) is 7. The van der Waals surface area contributed by atoms with Crippen LogP contribution in [0.1, 0.15) is 52.3 Å². The van der Waals surface area contributed by atoms with E-state index >= 15 is 0 Å². The number of amides is 1. The van der Waals surface area contributed by atoms with Crippen molar-refractivity contribution in [2.45, 2.75) is 56.6 Å². The van der Waals surface area contributed by atoms with Gasteiger partial charge in [-0.3, -0.25) is 9.59 Å². The van der Waals surface area contributed by atoms with E-state index in [2.05, 4.69) is 15.4 Å². The number of carbonyl (C=O) groups is 1. The van der Waals surface area contributed by atoms with Gasteiger partial charge in [-0.15, -0.1) is 11.3 Å². The van der Waals surface area contributed by atoms with Crippen LogP contribution in [0.3, 0.4) is 0 Å². The van der Waals surface area contributed by atoms with Gasteiger partial charge < -0.3 is 5.32 Å². The molecule has 8 nitrogen and oxygen atoms in total. The molecular weight excluding hydrogens is 460 g/mol. The molecule has 0 aliphatic heterocycles. The zero-order valence-electron chi connectivity index (χ0n) is 19.0. The van der Waals surface area contributed by atoms with Crippen molar-refractivity contribution in [2.24, 2.45) is 7.05 Å². The lowest BCUT2D eigenvalue weighted by Crippen LogP contribution is -2.23. The molecule has 1 N–H and O–H groups in total. The lowest BCUT2D eigenvalue weighted by molar-refractivity contribution is 0.102. The van der Waals surface area contributed by atoms with Crippen LogP contribution in [0.15, 0.2) is 34.0 Å². The Labute approximate surface area is 196 Å². The van der Waals surface area contributed by atoms with Gasteiger partial charge in [0.2, 0.25) is 0 Å². The molecule has 33 heavy (non-hydrogen) atoms. The topological polar surface area (TPSA) is 111 Å². The van der Waals surface area contributed by atoms with Gasteiger partial charge in [-0.25, -0.2) is 18.1 Å². The quantitative estimate of drug-likeness (QED) is 0.587. The Morgan fingerprint density at radius 2 is 1.85 bits per heavy atom. The van der Waals surface area contributed by atoms with Crippen LogP contribution >= 0.6 is 11.3 Å². The Kier molecular flexibility index (Phi) is 6.24. The highest BCUT2D eigenvalue weighted by atomic mass is 32.2. The minimum atomic E-state index is -3.42. The summed E-state index contributed by atoms with van der Waals surface area (Å²) in [6, 6.07) is 6.38. The molecule has 10 heteroatoms. The summed E-state index contributed by atoms with van der Waals surface area (Å²) in [5, 5.41) is 7.08. The Morgan fingerprint density at radius 1 is 1.15 bits per heavy atom. The summed E-state index contributed by atoms with van der Waals surface area (Å²) < 4.78 is 27.1. The fourth-order valence-electron chi connectivity index (χ4n) is 4.14. The lowest BCUT2D eigenvalue weighted by Gasteiger charge is -2.12. The molecule has 2 aromatic heterocycles. The van der Waals surface area contributed by atoms with E-state index in [0.29, 0.717) is 45.4 Å². The SMILES string of the molecule is Cc1nc(-c2c(C)c(C)nn(C)c2=O)sc1C(=O)Nc1cccc(S(=O)(=O)C2CCCC2)c1. The van der Waals surface area contributed by atoms with E-state index in [0.717, 1.165) is 29.7 Å². The van der Waals surface area contributed by atoms with Crippen molar-refractivity contribution >= 4 is 32.8 Å². The van der Waals surface area contributed by atoms with E-state index in [4.69, 9.17) is 0 Å². The third-order valence-corrected chi connectivity index (χ3v) is 9.54. The maximum atomic E-state index is 13.0. The third-order valence-electron chi connectivity index (χ3n) is 6.10. The molecule has 1 fully saturated rings. The molecule has 2 heterocycles. The first-order valence-corrected chi connectivity index (χ1v) is 13.1. The van der Waals surface area contributed by atoms with Crippen LogP contribution < -0.4 is 10.9 Å². The summed E-state index contributed by atoms with van der Waals surface area (Å²) >= 11 is 1.13. The van der Waals surface area contributed by atoms with Gasteiger partial charge in [0.25, 0.3) is 11.5 Å². The number of nitrogens with one attached hydrogen (secondary N) is 1. The molecule has 1 aliphatic carbocycles. The number of aryl methyl sites for hydroxylation is 3. The van der Waals surface area contributed by atoms with Crippen LogP contribution in [0.2, 0.25) is 0 Å². The first-order chi connectivity index (χ1) is 15.6. The van der Waals surface area contributed by atoms with E-state index in [1.165, 1.54) is 10.7 Å². The number of nitrogens with zero attached hydrogens (tertiary/aromatic N) is 3. The zero-order chi connectivity index (χ0) is 23.9. The van der Waals surface area contributed by atoms with Crippen molar-refractivity contribution in [2.75, 3.05) is 5.32 Å². The normalized spacial score (nSPS) is 14.5. The summed E-state index contributed by atoms with van der Waals surface area (Å²) in [6.45, 7) is 5.34. The second-order valence-corrected chi connectivity index (χ2v) is 11.6. The summed E-state index contributed by atoms with van der Waals surface area (Å²) in [7, 11) is -1.84.